The van der Waals surface area contributed by atoms with Crippen LogP contribution in [-0.2, 0) is 13.7 Å². The number of nitrogens with zero attached hydrogens (tertiary/aromatic N) is 1. The fourth-order valence-corrected chi connectivity index (χ4v) is 2.36. The maximum Gasteiger partial charge on any atom is 0.125 e. The third-order valence-electron chi connectivity index (χ3n) is 3.28. The predicted molar refractivity (Wildman–Crippen MR) is 77.0 cm³/mol. The lowest BCUT2D eigenvalue weighted by Crippen LogP contribution is -1.94. The van der Waals surface area contributed by atoms with Gasteiger partial charge in [-0.2, -0.15) is 0 Å². The number of hydrogen-bond donors (Lipinski definition) is 2. The van der Waals surface area contributed by atoms with Crippen molar-refractivity contribution < 1.29 is 14.9 Å². The molecule has 1 aromatic heterocycles. The Morgan fingerprint density at radius 1 is 1.10 bits per heavy atom. The summed E-state index contributed by atoms with van der Waals surface area (Å²) in [6.45, 7) is 0.332. The second kappa shape index (κ2) is 4.81. The number of aromatic nitrogens is 1. The molecular weight excluding hydrogens is 254 g/mol. The summed E-state index contributed by atoms with van der Waals surface area (Å²) in [5.41, 5.74) is 1.86. The molecule has 0 atom stereocenters. The molecule has 20 heavy (non-hydrogen) atoms. The minimum Gasteiger partial charge on any atom is -0.508 e. The van der Waals surface area contributed by atoms with E-state index in [-0.39, 0.29) is 11.5 Å². The number of phenolic OH excluding ortho intramolecular Hbond substituents is 2. The van der Waals surface area contributed by atoms with Gasteiger partial charge < -0.3 is 19.5 Å². The molecular formula is C16H15NO3. The van der Waals surface area contributed by atoms with E-state index in [9.17, 15) is 10.2 Å². The Labute approximate surface area is 116 Å². The quantitative estimate of drug-likeness (QED) is 0.768. The molecule has 1 heterocycles. The smallest absolute Gasteiger partial charge is 0.125 e. The largest absolute Gasteiger partial charge is 0.508 e. The Bertz CT molecular complexity index is 762. The second-order valence-corrected chi connectivity index (χ2v) is 4.72. The number of rotatable bonds is 3. The first-order chi connectivity index (χ1) is 9.65. The van der Waals surface area contributed by atoms with Crippen LogP contribution in [0.2, 0.25) is 0 Å². The minimum absolute atomic E-state index is 0.170. The zero-order valence-electron chi connectivity index (χ0n) is 11.1. The molecule has 102 valence electrons. The third kappa shape index (κ3) is 2.16. The van der Waals surface area contributed by atoms with Gasteiger partial charge in [0.2, 0.25) is 0 Å². The van der Waals surface area contributed by atoms with Gasteiger partial charge >= 0.3 is 0 Å². The maximum atomic E-state index is 10.00. The molecule has 0 spiro atoms. The fourth-order valence-electron chi connectivity index (χ4n) is 2.36. The van der Waals surface area contributed by atoms with Crippen LogP contribution in [-0.4, -0.2) is 14.8 Å². The van der Waals surface area contributed by atoms with Crippen molar-refractivity contribution in [3.05, 3.63) is 54.2 Å². The molecule has 3 aromatic rings. The van der Waals surface area contributed by atoms with E-state index in [1.54, 1.807) is 30.3 Å². The fraction of sp³-hybridized carbons (Fsp3) is 0.125. The summed E-state index contributed by atoms with van der Waals surface area (Å²) >= 11 is 0. The predicted octanol–water partition coefficient (Wildman–Crippen LogP) is 3.17. The maximum absolute atomic E-state index is 10.00. The molecule has 0 saturated carbocycles. The average Bonchev–Trinajstić information content (AvgIpc) is 2.75. The topological polar surface area (TPSA) is 54.6 Å². The highest BCUT2D eigenvalue weighted by atomic mass is 16.5. The first-order valence-electron chi connectivity index (χ1n) is 6.33. The summed E-state index contributed by atoms with van der Waals surface area (Å²) < 4.78 is 7.62. The summed E-state index contributed by atoms with van der Waals surface area (Å²) in [7, 11) is 1.93. The molecule has 0 bridgehead atoms. The SMILES string of the molecule is Cn1cc(COc2cccc(O)c2)c2c(O)cccc21. The van der Waals surface area contributed by atoms with Crippen molar-refractivity contribution in [3.8, 4) is 17.2 Å². The zero-order valence-corrected chi connectivity index (χ0v) is 11.1. The van der Waals surface area contributed by atoms with Crippen molar-refractivity contribution in [1.29, 1.82) is 0 Å². The van der Waals surface area contributed by atoms with E-state index in [1.807, 2.05) is 29.9 Å². The van der Waals surface area contributed by atoms with Crippen molar-refractivity contribution in [2.24, 2.45) is 7.05 Å². The highest BCUT2D eigenvalue weighted by molar-refractivity contribution is 5.89. The van der Waals surface area contributed by atoms with Gasteiger partial charge in [-0.05, 0) is 24.3 Å². The van der Waals surface area contributed by atoms with Gasteiger partial charge in [-0.15, -0.1) is 0 Å². The van der Waals surface area contributed by atoms with E-state index in [1.165, 1.54) is 0 Å². The van der Waals surface area contributed by atoms with Crippen LogP contribution in [0.4, 0.5) is 0 Å². The number of hydrogen-bond acceptors (Lipinski definition) is 3. The number of phenols is 2. The molecule has 0 saturated heterocycles. The van der Waals surface area contributed by atoms with Crippen LogP contribution in [0.1, 0.15) is 5.56 Å². The van der Waals surface area contributed by atoms with Crippen molar-refractivity contribution in [2.75, 3.05) is 0 Å². The number of fused-ring (bicyclic) bond motifs is 1. The lowest BCUT2D eigenvalue weighted by atomic mass is 10.1. The standard InChI is InChI=1S/C16H15NO3/c1-17-9-11(16-14(17)6-3-7-15(16)19)10-20-13-5-2-4-12(18)8-13/h2-9,18-19H,10H2,1H3. The van der Waals surface area contributed by atoms with Crippen LogP contribution >= 0.6 is 0 Å². The lowest BCUT2D eigenvalue weighted by Gasteiger charge is -2.06. The van der Waals surface area contributed by atoms with Gasteiger partial charge in [-0.3, -0.25) is 0 Å². The van der Waals surface area contributed by atoms with Crippen LogP contribution in [0.5, 0.6) is 17.2 Å². The van der Waals surface area contributed by atoms with Crippen LogP contribution in [0.3, 0.4) is 0 Å². The molecule has 0 amide bonds. The van der Waals surface area contributed by atoms with E-state index in [0.29, 0.717) is 12.4 Å². The van der Waals surface area contributed by atoms with Gasteiger partial charge in [-0.25, -0.2) is 0 Å². The van der Waals surface area contributed by atoms with Gasteiger partial charge in [-0.1, -0.05) is 12.1 Å². The molecule has 4 nitrogen and oxygen atoms in total. The van der Waals surface area contributed by atoms with Gasteiger partial charge in [0.25, 0.3) is 0 Å². The zero-order chi connectivity index (χ0) is 14.1. The molecule has 4 heteroatoms. The van der Waals surface area contributed by atoms with Crippen molar-refractivity contribution in [1.82, 2.24) is 4.57 Å². The van der Waals surface area contributed by atoms with Crippen LogP contribution in [0, 0.1) is 0 Å². The first kappa shape index (κ1) is 12.4. The van der Waals surface area contributed by atoms with E-state index in [4.69, 9.17) is 4.74 Å². The Balaban J connectivity index is 1.92. The Hall–Kier alpha value is -2.62. The van der Waals surface area contributed by atoms with Gasteiger partial charge in [0.15, 0.2) is 0 Å². The van der Waals surface area contributed by atoms with Gasteiger partial charge in [0.1, 0.15) is 23.9 Å². The first-order valence-corrected chi connectivity index (χ1v) is 6.33. The van der Waals surface area contributed by atoms with Crippen LogP contribution in [0.15, 0.2) is 48.7 Å². The molecule has 3 rings (SSSR count). The highest BCUT2D eigenvalue weighted by Crippen LogP contribution is 2.30. The van der Waals surface area contributed by atoms with E-state index < -0.39 is 0 Å². The molecule has 2 N–H and O–H groups in total. The van der Waals surface area contributed by atoms with E-state index in [2.05, 4.69) is 0 Å². The summed E-state index contributed by atoms with van der Waals surface area (Å²) in [5, 5.41) is 20.2. The normalized spacial score (nSPS) is 10.8. The summed E-state index contributed by atoms with van der Waals surface area (Å²) in [5.74, 6) is 1.01. The van der Waals surface area contributed by atoms with E-state index in [0.717, 1.165) is 16.5 Å². The number of ether oxygens (including phenoxy) is 1. The Kier molecular flexibility index (Phi) is 2.99. The summed E-state index contributed by atoms with van der Waals surface area (Å²) in [6, 6.07) is 12.1. The van der Waals surface area contributed by atoms with Gasteiger partial charge in [0.05, 0.1) is 5.52 Å². The lowest BCUT2D eigenvalue weighted by molar-refractivity contribution is 0.305. The molecule has 0 aliphatic rings. The number of aromatic hydroxyl groups is 2. The minimum atomic E-state index is 0.170. The van der Waals surface area contributed by atoms with Crippen LogP contribution < -0.4 is 4.74 Å². The van der Waals surface area contributed by atoms with Crippen molar-refractivity contribution in [3.63, 3.8) is 0 Å². The Morgan fingerprint density at radius 3 is 2.70 bits per heavy atom. The van der Waals surface area contributed by atoms with Crippen molar-refractivity contribution in [2.45, 2.75) is 6.61 Å². The molecule has 0 fully saturated rings. The molecule has 0 radical (unpaired) electrons. The van der Waals surface area contributed by atoms with Crippen molar-refractivity contribution >= 4 is 10.9 Å². The highest BCUT2D eigenvalue weighted by Gasteiger charge is 2.11. The van der Waals surface area contributed by atoms with Gasteiger partial charge in [0, 0.05) is 30.3 Å². The molecule has 0 aliphatic heterocycles. The second-order valence-electron chi connectivity index (χ2n) is 4.72. The number of benzene rings is 2. The van der Waals surface area contributed by atoms with Crippen LogP contribution in [0.25, 0.3) is 10.9 Å². The molecule has 0 aliphatic carbocycles. The molecule has 2 aromatic carbocycles. The summed E-state index contributed by atoms with van der Waals surface area (Å²) in [4.78, 5) is 0. The number of aryl methyl sites for hydroxylation is 1. The Morgan fingerprint density at radius 2 is 1.90 bits per heavy atom. The van der Waals surface area contributed by atoms with E-state index >= 15 is 0 Å². The summed E-state index contributed by atoms with van der Waals surface area (Å²) in [6.07, 6.45) is 1.94. The average molecular weight is 269 g/mol. The molecule has 0 unspecified atom stereocenters. The third-order valence-corrected chi connectivity index (χ3v) is 3.28. The monoisotopic (exact) mass is 269 g/mol.